The van der Waals surface area contributed by atoms with Crippen LogP contribution in [0.2, 0.25) is 0 Å². The van der Waals surface area contributed by atoms with E-state index in [0.29, 0.717) is 23.7 Å². The number of hydrogen-bond acceptors (Lipinski definition) is 5. The summed E-state index contributed by atoms with van der Waals surface area (Å²) in [6.45, 7) is 0.449. The largest absolute Gasteiger partial charge is 0.508 e. The molecule has 150 valence electrons. The van der Waals surface area contributed by atoms with E-state index in [1.807, 2.05) is 42.5 Å². The van der Waals surface area contributed by atoms with Gasteiger partial charge in [0.1, 0.15) is 35.5 Å². The van der Waals surface area contributed by atoms with Crippen LogP contribution in [-0.2, 0) is 6.61 Å². The van der Waals surface area contributed by atoms with Crippen molar-refractivity contribution in [3.8, 4) is 23.3 Å². The summed E-state index contributed by atoms with van der Waals surface area (Å²) in [7, 11) is 0. The molecule has 0 radical (unpaired) electrons. The van der Waals surface area contributed by atoms with Crippen molar-refractivity contribution in [2.45, 2.75) is 12.5 Å². The van der Waals surface area contributed by atoms with Crippen molar-refractivity contribution in [1.82, 2.24) is 0 Å². The Balaban J connectivity index is 1.65. The predicted octanol–water partition coefficient (Wildman–Crippen LogP) is 5.56. The average molecular weight is 575 g/mol. The molecule has 1 aliphatic heterocycles. The van der Waals surface area contributed by atoms with Gasteiger partial charge in [-0.25, -0.2) is 0 Å². The Morgan fingerprint density at radius 3 is 2.60 bits per heavy atom. The van der Waals surface area contributed by atoms with E-state index in [1.54, 1.807) is 12.1 Å². The summed E-state index contributed by atoms with van der Waals surface area (Å²) >= 11 is 5.85. The third-order valence-electron chi connectivity index (χ3n) is 4.80. The van der Waals surface area contributed by atoms with Gasteiger partial charge in [0.15, 0.2) is 0 Å². The van der Waals surface area contributed by atoms with Gasteiger partial charge < -0.3 is 20.3 Å². The van der Waals surface area contributed by atoms with Gasteiger partial charge in [-0.15, -0.1) is 0 Å². The Morgan fingerprint density at radius 1 is 1.13 bits per heavy atom. The number of aromatic hydroxyl groups is 1. The first kappa shape index (κ1) is 20.6. The van der Waals surface area contributed by atoms with Gasteiger partial charge in [-0.1, -0.05) is 24.3 Å². The Labute approximate surface area is 196 Å². The van der Waals surface area contributed by atoms with Crippen molar-refractivity contribution < 1.29 is 14.6 Å². The van der Waals surface area contributed by atoms with Gasteiger partial charge in [0.05, 0.1) is 10.4 Å². The summed E-state index contributed by atoms with van der Waals surface area (Å²) in [6, 6.07) is 20.8. The monoisotopic (exact) mass is 574 g/mol. The molecule has 4 rings (SSSR count). The fourth-order valence-corrected chi connectivity index (χ4v) is 4.21. The minimum atomic E-state index is -0.402. The quantitative estimate of drug-likeness (QED) is 0.399. The number of hydrogen-bond donors (Lipinski definition) is 2. The molecule has 3 aromatic rings. The van der Waals surface area contributed by atoms with E-state index in [0.717, 1.165) is 21.2 Å². The van der Waals surface area contributed by atoms with Crippen LogP contribution in [0.1, 0.15) is 22.6 Å². The molecule has 3 N–H and O–H groups in total. The molecule has 0 spiro atoms. The summed E-state index contributed by atoms with van der Waals surface area (Å²) in [4.78, 5) is 0. The second-order valence-electron chi connectivity index (χ2n) is 6.75. The van der Waals surface area contributed by atoms with Crippen LogP contribution in [0, 0.1) is 14.9 Å². The standard InChI is InChI=1S/C23H16BrIN2O3/c24-19-9-14(3-8-20(19)29-12-13-1-4-15(25)5-2-13)22-17-7-6-16(28)10-21(17)30-23(27)18(22)11-26/h1-10,22,28H,12,27H2/t22-/m1/s1. The lowest BCUT2D eigenvalue weighted by molar-refractivity contribution is 0.304. The first-order valence-corrected chi connectivity index (χ1v) is 10.9. The Hall–Kier alpha value is -2.70. The van der Waals surface area contributed by atoms with Crippen LogP contribution >= 0.6 is 38.5 Å². The maximum Gasteiger partial charge on any atom is 0.205 e. The number of allylic oxidation sites excluding steroid dienone is 1. The molecule has 1 atom stereocenters. The number of nitrogens with zero attached hydrogens (tertiary/aromatic N) is 1. The molecule has 5 nitrogen and oxygen atoms in total. The normalized spacial score (nSPS) is 15.2. The fourth-order valence-electron chi connectivity index (χ4n) is 3.34. The Morgan fingerprint density at radius 2 is 1.90 bits per heavy atom. The number of phenolic OH excluding ortho intramolecular Hbond substituents is 1. The number of nitrogens with two attached hydrogens (primary N) is 1. The Kier molecular flexibility index (Phi) is 5.88. The third-order valence-corrected chi connectivity index (χ3v) is 6.14. The number of halogens is 2. The summed E-state index contributed by atoms with van der Waals surface area (Å²) in [6.07, 6.45) is 0. The summed E-state index contributed by atoms with van der Waals surface area (Å²) < 4.78 is 13.5. The van der Waals surface area contributed by atoms with Crippen LogP contribution in [0.3, 0.4) is 0 Å². The van der Waals surface area contributed by atoms with Crippen molar-refractivity contribution in [3.63, 3.8) is 0 Å². The van der Waals surface area contributed by atoms with Crippen LogP contribution < -0.4 is 15.2 Å². The molecule has 0 aromatic heterocycles. The number of nitriles is 1. The number of phenols is 1. The van der Waals surface area contributed by atoms with Crippen molar-refractivity contribution in [1.29, 1.82) is 5.26 Å². The second kappa shape index (κ2) is 8.58. The predicted molar refractivity (Wildman–Crippen MR) is 125 cm³/mol. The highest BCUT2D eigenvalue weighted by Gasteiger charge is 2.31. The van der Waals surface area contributed by atoms with Crippen molar-refractivity contribution >= 4 is 38.5 Å². The molecule has 0 bridgehead atoms. The number of fused-ring (bicyclic) bond motifs is 1. The molecule has 0 aliphatic carbocycles. The van der Waals surface area contributed by atoms with Crippen LogP contribution in [0.5, 0.6) is 17.2 Å². The molecule has 30 heavy (non-hydrogen) atoms. The molecule has 0 amide bonds. The van der Waals surface area contributed by atoms with Gasteiger partial charge in [-0.05, 0) is 80.0 Å². The summed E-state index contributed by atoms with van der Waals surface area (Å²) in [5.41, 5.74) is 9.01. The highest BCUT2D eigenvalue weighted by molar-refractivity contribution is 14.1. The zero-order valence-corrected chi connectivity index (χ0v) is 19.3. The molecule has 0 unspecified atom stereocenters. The SMILES string of the molecule is N#CC1=C(N)Oc2cc(O)ccc2[C@H]1c1ccc(OCc2ccc(I)cc2)c(Br)c1. The van der Waals surface area contributed by atoms with Crippen molar-refractivity contribution in [2.24, 2.45) is 5.73 Å². The van der Waals surface area contributed by atoms with E-state index in [-0.39, 0.29) is 11.6 Å². The van der Waals surface area contributed by atoms with Crippen LogP contribution in [0.25, 0.3) is 0 Å². The van der Waals surface area contributed by atoms with E-state index in [4.69, 9.17) is 15.2 Å². The average Bonchev–Trinajstić information content (AvgIpc) is 2.73. The van der Waals surface area contributed by atoms with E-state index >= 15 is 0 Å². The maximum absolute atomic E-state index is 9.78. The number of benzene rings is 3. The lowest BCUT2D eigenvalue weighted by Crippen LogP contribution is -2.21. The van der Waals surface area contributed by atoms with E-state index < -0.39 is 5.92 Å². The summed E-state index contributed by atoms with van der Waals surface area (Å²) in [5, 5.41) is 19.4. The highest BCUT2D eigenvalue weighted by atomic mass is 127. The fraction of sp³-hybridized carbons (Fsp3) is 0.0870. The van der Waals surface area contributed by atoms with Gasteiger partial charge in [0.2, 0.25) is 5.88 Å². The lowest BCUT2D eigenvalue weighted by atomic mass is 9.83. The van der Waals surface area contributed by atoms with Gasteiger partial charge in [-0.3, -0.25) is 0 Å². The minimum absolute atomic E-state index is 0.0377. The van der Waals surface area contributed by atoms with Gasteiger partial charge >= 0.3 is 0 Å². The number of rotatable bonds is 4. The molecule has 0 saturated heterocycles. The molecule has 7 heteroatoms. The molecular weight excluding hydrogens is 559 g/mol. The van der Waals surface area contributed by atoms with Crippen LogP contribution in [0.4, 0.5) is 0 Å². The topological polar surface area (TPSA) is 88.5 Å². The smallest absolute Gasteiger partial charge is 0.205 e. The van der Waals surface area contributed by atoms with E-state index in [1.165, 1.54) is 9.64 Å². The molecule has 0 fully saturated rings. The van der Waals surface area contributed by atoms with Crippen LogP contribution in [-0.4, -0.2) is 5.11 Å². The molecule has 1 heterocycles. The van der Waals surface area contributed by atoms with Gasteiger partial charge in [0.25, 0.3) is 0 Å². The molecule has 0 saturated carbocycles. The van der Waals surface area contributed by atoms with Gasteiger partial charge in [-0.2, -0.15) is 5.26 Å². The second-order valence-corrected chi connectivity index (χ2v) is 8.85. The zero-order valence-electron chi connectivity index (χ0n) is 15.6. The molecule has 1 aliphatic rings. The highest BCUT2D eigenvalue weighted by Crippen LogP contribution is 2.44. The van der Waals surface area contributed by atoms with E-state index in [2.05, 4.69) is 44.6 Å². The number of ether oxygens (including phenoxy) is 2. The molecule has 3 aromatic carbocycles. The van der Waals surface area contributed by atoms with Crippen molar-refractivity contribution in [3.05, 3.63) is 96.9 Å². The van der Waals surface area contributed by atoms with E-state index in [9.17, 15) is 10.4 Å². The lowest BCUT2D eigenvalue weighted by Gasteiger charge is -2.26. The first-order chi connectivity index (χ1) is 14.5. The summed E-state index contributed by atoms with van der Waals surface area (Å²) in [5.74, 6) is 0.843. The van der Waals surface area contributed by atoms with Crippen LogP contribution in [0.15, 0.2) is 76.6 Å². The van der Waals surface area contributed by atoms with Crippen molar-refractivity contribution in [2.75, 3.05) is 0 Å². The Bertz CT molecular complexity index is 1190. The first-order valence-electron chi connectivity index (χ1n) is 9.03. The maximum atomic E-state index is 9.78. The zero-order chi connectivity index (χ0) is 21.3. The third kappa shape index (κ3) is 4.11. The molecular formula is C23H16BrIN2O3. The van der Waals surface area contributed by atoms with Gasteiger partial charge in [0, 0.05) is 15.2 Å². The minimum Gasteiger partial charge on any atom is -0.508 e.